The second kappa shape index (κ2) is 5.57. The third kappa shape index (κ3) is 2.76. The maximum atomic E-state index is 12.7. The van der Waals surface area contributed by atoms with Crippen LogP contribution in [0.4, 0.5) is 13.2 Å². The molecule has 3 aromatic rings. The number of hydrogen-bond donors (Lipinski definition) is 0. The Morgan fingerprint density at radius 2 is 1.73 bits per heavy atom. The van der Waals surface area contributed by atoms with Crippen molar-refractivity contribution in [2.45, 2.75) is 6.18 Å². The Labute approximate surface area is 130 Å². The van der Waals surface area contributed by atoms with Gasteiger partial charge in [0.2, 0.25) is 0 Å². The predicted molar refractivity (Wildman–Crippen MR) is 82.4 cm³/mol. The Bertz CT molecular complexity index is 791. The van der Waals surface area contributed by atoms with Gasteiger partial charge in [0, 0.05) is 18.0 Å². The molecule has 0 aliphatic heterocycles. The first-order valence-electron chi connectivity index (χ1n) is 6.48. The number of nitrogens with zero attached hydrogens (tertiary/aromatic N) is 1. The summed E-state index contributed by atoms with van der Waals surface area (Å²) in [7, 11) is 0. The molecule has 1 radical (unpaired) electrons. The van der Waals surface area contributed by atoms with E-state index in [1.54, 1.807) is 18.5 Å². The summed E-state index contributed by atoms with van der Waals surface area (Å²) in [4.78, 5) is 3.46. The average molecular weight is 318 g/mol. The zero-order chi connectivity index (χ0) is 15.7. The lowest BCUT2D eigenvalue weighted by Gasteiger charge is -2.10. The molecule has 2 aromatic heterocycles. The lowest BCUT2D eigenvalue weighted by Crippen LogP contribution is -2.00. The molecule has 22 heavy (non-hydrogen) atoms. The first kappa shape index (κ1) is 14.8. The van der Waals surface area contributed by atoms with Crippen molar-refractivity contribution in [2.75, 3.05) is 0 Å². The first-order chi connectivity index (χ1) is 10.5. The Balaban J connectivity index is 2.08. The zero-order valence-electron chi connectivity index (χ0n) is 11.4. The molecule has 0 saturated heterocycles. The van der Waals surface area contributed by atoms with Crippen molar-refractivity contribution in [3.63, 3.8) is 0 Å². The molecule has 5 heteroatoms. The number of rotatable bonds is 2. The van der Waals surface area contributed by atoms with Crippen LogP contribution in [0.1, 0.15) is 10.4 Å². The van der Waals surface area contributed by atoms with E-state index in [9.17, 15) is 13.2 Å². The second-order valence-corrected chi connectivity index (χ2v) is 5.68. The van der Waals surface area contributed by atoms with Crippen LogP contribution >= 0.6 is 11.3 Å². The molecular formula is C17H11F3NS. The molecule has 0 aliphatic rings. The van der Waals surface area contributed by atoms with Crippen LogP contribution in [0.2, 0.25) is 0 Å². The molecule has 0 amide bonds. The van der Waals surface area contributed by atoms with Crippen LogP contribution in [0.5, 0.6) is 0 Å². The van der Waals surface area contributed by atoms with Crippen molar-refractivity contribution in [1.82, 2.24) is 4.98 Å². The van der Waals surface area contributed by atoms with E-state index < -0.39 is 11.1 Å². The van der Waals surface area contributed by atoms with Crippen molar-refractivity contribution < 1.29 is 13.2 Å². The van der Waals surface area contributed by atoms with Gasteiger partial charge in [-0.3, -0.25) is 4.98 Å². The van der Waals surface area contributed by atoms with Crippen molar-refractivity contribution in [3.8, 4) is 22.3 Å². The molecule has 0 saturated carbocycles. The molecule has 0 spiro atoms. The summed E-state index contributed by atoms with van der Waals surface area (Å²) in [6, 6.07) is 10.4. The molecule has 0 N–H and O–H groups in total. The van der Waals surface area contributed by atoms with Crippen molar-refractivity contribution in [1.29, 1.82) is 0 Å². The van der Waals surface area contributed by atoms with Gasteiger partial charge in [0.1, 0.15) is 4.88 Å². The highest BCUT2D eigenvalue weighted by Gasteiger charge is 2.32. The first-order valence-corrected chi connectivity index (χ1v) is 7.36. The third-order valence-electron chi connectivity index (χ3n) is 3.34. The van der Waals surface area contributed by atoms with E-state index in [1.807, 2.05) is 24.3 Å². The van der Waals surface area contributed by atoms with Crippen molar-refractivity contribution in [2.24, 2.45) is 0 Å². The minimum absolute atomic E-state index is 0.535. The summed E-state index contributed by atoms with van der Waals surface area (Å²) >= 11 is 0.697. The number of thiophene rings is 1. The summed E-state index contributed by atoms with van der Waals surface area (Å²) in [5, 5.41) is 1.51. The smallest absolute Gasteiger partial charge is 0.264 e. The minimum atomic E-state index is -4.31. The topological polar surface area (TPSA) is 12.9 Å². The number of pyridine rings is 1. The molecule has 0 aliphatic carbocycles. The summed E-state index contributed by atoms with van der Waals surface area (Å²) < 4.78 is 38.2. The molecule has 1 aromatic carbocycles. The fourth-order valence-corrected chi connectivity index (χ4v) is 3.05. The Hall–Kier alpha value is -2.14. The van der Waals surface area contributed by atoms with E-state index >= 15 is 0 Å². The normalized spacial score (nSPS) is 11.6. The highest BCUT2D eigenvalue weighted by molar-refractivity contribution is 7.10. The molecule has 2 heterocycles. The molecule has 0 bridgehead atoms. The molecule has 0 fully saturated rings. The van der Waals surface area contributed by atoms with Crippen LogP contribution < -0.4 is 0 Å². The zero-order valence-corrected chi connectivity index (χ0v) is 12.2. The summed E-state index contributed by atoms with van der Waals surface area (Å²) in [6.45, 7) is 4.04. The molecule has 0 atom stereocenters. The molecule has 3 rings (SSSR count). The summed E-state index contributed by atoms with van der Waals surface area (Å²) in [6.07, 6.45) is -0.932. The molecular weight excluding hydrogens is 307 g/mol. The highest BCUT2D eigenvalue weighted by atomic mass is 32.1. The number of halogens is 3. The lowest BCUT2D eigenvalue weighted by atomic mass is 9.94. The molecule has 1 nitrogen and oxygen atoms in total. The number of benzene rings is 1. The number of aromatic nitrogens is 1. The standard InChI is InChI=1S/C17H11F3NS/c1-11-14(12-4-3-7-21-9-12)5-2-6-15(11)13-8-16(22-10-13)17(18,19)20/h2-10H,1H2. The van der Waals surface area contributed by atoms with E-state index in [1.165, 1.54) is 11.4 Å². The predicted octanol–water partition coefficient (Wildman–Crippen LogP) is 5.68. The maximum absolute atomic E-state index is 12.7. The average Bonchev–Trinajstić information content (AvgIpc) is 2.98. The Kier molecular flexibility index (Phi) is 3.74. The van der Waals surface area contributed by atoms with Gasteiger partial charge in [-0.25, -0.2) is 0 Å². The van der Waals surface area contributed by atoms with Gasteiger partial charge in [-0.1, -0.05) is 24.3 Å². The van der Waals surface area contributed by atoms with Gasteiger partial charge in [0.25, 0.3) is 0 Å². The third-order valence-corrected chi connectivity index (χ3v) is 4.31. The van der Waals surface area contributed by atoms with Crippen LogP contribution in [0.3, 0.4) is 0 Å². The van der Waals surface area contributed by atoms with Gasteiger partial charge < -0.3 is 0 Å². The monoisotopic (exact) mass is 318 g/mol. The van der Waals surface area contributed by atoms with Gasteiger partial charge in [-0.2, -0.15) is 13.2 Å². The second-order valence-electron chi connectivity index (χ2n) is 4.77. The van der Waals surface area contributed by atoms with Crippen molar-refractivity contribution in [3.05, 3.63) is 71.5 Å². The van der Waals surface area contributed by atoms with E-state index in [0.717, 1.165) is 11.1 Å². The molecule has 111 valence electrons. The summed E-state index contributed by atoms with van der Waals surface area (Å²) in [5.41, 5.74) is 3.69. The Morgan fingerprint density at radius 1 is 1.00 bits per heavy atom. The Morgan fingerprint density at radius 3 is 2.32 bits per heavy atom. The number of hydrogen-bond acceptors (Lipinski definition) is 2. The van der Waals surface area contributed by atoms with E-state index in [-0.39, 0.29) is 0 Å². The maximum Gasteiger partial charge on any atom is 0.425 e. The molecule has 0 unspecified atom stereocenters. The fraction of sp³-hybridized carbons (Fsp3) is 0.0588. The van der Waals surface area contributed by atoms with Gasteiger partial charge in [0.15, 0.2) is 0 Å². The largest absolute Gasteiger partial charge is 0.425 e. The van der Waals surface area contributed by atoms with Gasteiger partial charge in [-0.15, -0.1) is 11.3 Å². The quantitative estimate of drug-likeness (QED) is 0.592. The fourth-order valence-electron chi connectivity index (χ4n) is 2.28. The lowest BCUT2D eigenvalue weighted by molar-refractivity contribution is -0.134. The van der Waals surface area contributed by atoms with Gasteiger partial charge >= 0.3 is 6.18 Å². The van der Waals surface area contributed by atoms with Gasteiger partial charge in [-0.05, 0) is 46.7 Å². The van der Waals surface area contributed by atoms with E-state index in [4.69, 9.17) is 0 Å². The summed E-state index contributed by atoms with van der Waals surface area (Å²) in [5.74, 6) is 0. The minimum Gasteiger partial charge on any atom is -0.264 e. The van der Waals surface area contributed by atoms with Gasteiger partial charge in [0.05, 0.1) is 0 Å². The van der Waals surface area contributed by atoms with E-state index in [2.05, 4.69) is 11.9 Å². The SMILES string of the molecule is [CH2]c1c(-c2cccnc2)cccc1-c1csc(C(F)(F)F)c1. The van der Waals surface area contributed by atoms with E-state index in [0.29, 0.717) is 28.0 Å². The van der Waals surface area contributed by atoms with Crippen LogP contribution in [0.15, 0.2) is 54.2 Å². The highest BCUT2D eigenvalue weighted by Crippen LogP contribution is 2.39. The number of alkyl halides is 3. The van der Waals surface area contributed by atoms with Crippen molar-refractivity contribution >= 4 is 11.3 Å². The van der Waals surface area contributed by atoms with Crippen LogP contribution in [-0.2, 0) is 6.18 Å². The van der Waals surface area contributed by atoms with Crippen LogP contribution in [-0.4, -0.2) is 4.98 Å². The van der Waals surface area contributed by atoms with Crippen LogP contribution in [0.25, 0.3) is 22.3 Å². The van der Waals surface area contributed by atoms with Crippen LogP contribution in [0, 0.1) is 6.92 Å².